The first-order chi connectivity index (χ1) is 9.74. The summed E-state index contributed by atoms with van der Waals surface area (Å²) < 4.78 is 1.86. The molecular formula is C14H23BrN4O2. The van der Waals surface area contributed by atoms with Crippen LogP contribution in [0.25, 0.3) is 0 Å². The molecule has 1 rings (SSSR count). The number of carbonyl (C=O) groups excluding carboxylic acids is 1. The number of rotatable bonds is 6. The lowest BCUT2D eigenvalue weighted by Crippen LogP contribution is -2.41. The number of carbonyl (C=O) groups is 1. The fourth-order valence-electron chi connectivity index (χ4n) is 1.75. The molecule has 0 aromatic carbocycles. The van der Waals surface area contributed by atoms with Crippen LogP contribution in [0.3, 0.4) is 0 Å². The van der Waals surface area contributed by atoms with E-state index in [0.717, 1.165) is 6.42 Å². The minimum Gasteiger partial charge on any atom is -0.382 e. The topological polar surface area (TPSA) is 76.0 Å². The van der Waals surface area contributed by atoms with Crippen molar-refractivity contribution < 1.29 is 4.79 Å². The maximum Gasteiger partial charge on any atom is 0.283 e. The monoisotopic (exact) mass is 358 g/mol. The molecule has 7 heteroatoms. The predicted molar refractivity (Wildman–Crippen MR) is 87.5 cm³/mol. The molecule has 0 unspecified atom stereocenters. The molecule has 0 saturated heterocycles. The zero-order valence-corrected chi connectivity index (χ0v) is 14.6. The molecule has 1 aromatic rings. The number of amides is 1. The zero-order chi connectivity index (χ0) is 16.0. The standard InChI is InChI=1S/C14H23BrN4O2/c1-5-8-19-13(21)12(15)10(9-17-19)16-7-6-11(20)18-14(2,3)4/h9,16H,5-8H2,1-4H3,(H,18,20). The van der Waals surface area contributed by atoms with Crippen molar-refractivity contribution in [2.75, 3.05) is 11.9 Å². The van der Waals surface area contributed by atoms with Gasteiger partial charge in [-0.15, -0.1) is 0 Å². The Bertz CT molecular complexity index is 549. The van der Waals surface area contributed by atoms with E-state index in [2.05, 4.69) is 31.7 Å². The van der Waals surface area contributed by atoms with E-state index in [1.807, 2.05) is 27.7 Å². The van der Waals surface area contributed by atoms with Crippen LogP contribution in [0.4, 0.5) is 5.69 Å². The van der Waals surface area contributed by atoms with Gasteiger partial charge in [0, 0.05) is 25.0 Å². The Morgan fingerprint density at radius 2 is 2.10 bits per heavy atom. The Labute approximate surface area is 133 Å². The van der Waals surface area contributed by atoms with Gasteiger partial charge in [0.2, 0.25) is 5.91 Å². The SMILES string of the molecule is CCCn1ncc(NCCC(=O)NC(C)(C)C)c(Br)c1=O. The first-order valence-corrected chi connectivity index (χ1v) is 7.84. The largest absolute Gasteiger partial charge is 0.382 e. The van der Waals surface area contributed by atoms with Gasteiger partial charge >= 0.3 is 0 Å². The fraction of sp³-hybridized carbons (Fsp3) is 0.643. The smallest absolute Gasteiger partial charge is 0.283 e. The first-order valence-electron chi connectivity index (χ1n) is 7.05. The summed E-state index contributed by atoms with van der Waals surface area (Å²) in [5.41, 5.74) is 0.205. The summed E-state index contributed by atoms with van der Waals surface area (Å²) in [6.07, 6.45) is 2.78. The highest BCUT2D eigenvalue weighted by molar-refractivity contribution is 9.10. The van der Waals surface area contributed by atoms with Gasteiger partial charge in [0.05, 0.1) is 11.9 Å². The van der Waals surface area contributed by atoms with E-state index in [-0.39, 0.29) is 17.0 Å². The van der Waals surface area contributed by atoms with Gasteiger partial charge in [-0.05, 0) is 43.1 Å². The summed E-state index contributed by atoms with van der Waals surface area (Å²) in [5.74, 6) is -0.0293. The Morgan fingerprint density at radius 3 is 2.67 bits per heavy atom. The van der Waals surface area contributed by atoms with E-state index in [9.17, 15) is 9.59 Å². The molecule has 0 atom stereocenters. The van der Waals surface area contributed by atoms with Crippen LogP contribution >= 0.6 is 15.9 Å². The van der Waals surface area contributed by atoms with Gasteiger partial charge in [-0.2, -0.15) is 5.10 Å². The van der Waals surface area contributed by atoms with Crippen molar-refractivity contribution in [2.24, 2.45) is 0 Å². The van der Waals surface area contributed by atoms with Crippen LogP contribution in [0, 0.1) is 0 Å². The third-order valence-electron chi connectivity index (χ3n) is 2.60. The third kappa shape index (κ3) is 5.87. The molecule has 0 aliphatic heterocycles. The van der Waals surface area contributed by atoms with Gasteiger partial charge < -0.3 is 10.6 Å². The number of hydrogen-bond acceptors (Lipinski definition) is 4. The zero-order valence-electron chi connectivity index (χ0n) is 13.0. The van der Waals surface area contributed by atoms with Crippen molar-refractivity contribution in [1.82, 2.24) is 15.1 Å². The molecule has 0 bridgehead atoms. The highest BCUT2D eigenvalue weighted by atomic mass is 79.9. The summed E-state index contributed by atoms with van der Waals surface area (Å²) in [4.78, 5) is 23.7. The minimum atomic E-state index is -0.236. The Morgan fingerprint density at radius 1 is 1.43 bits per heavy atom. The van der Waals surface area contributed by atoms with Crippen LogP contribution in [-0.2, 0) is 11.3 Å². The second-order valence-corrected chi connectivity index (χ2v) is 6.67. The maximum absolute atomic E-state index is 12.0. The van der Waals surface area contributed by atoms with Crippen molar-refractivity contribution in [2.45, 2.75) is 52.6 Å². The molecule has 6 nitrogen and oxygen atoms in total. The quantitative estimate of drug-likeness (QED) is 0.816. The highest BCUT2D eigenvalue weighted by Crippen LogP contribution is 2.16. The Balaban J connectivity index is 2.59. The van der Waals surface area contributed by atoms with E-state index in [0.29, 0.717) is 29.7 Å². The molecule has 21 heavy (non-hydrogen) atoms. The van der Waals surface area contributed by atoms with E-state index in [4.69, 9.17) is 0 Å². The van der Waals surface area contributed by atoms with Gasteiger partial charge in [0.15, 0.2) is 0 Å². The molecule has 0 radical (unpaired) electrons. The van der Waals surface area contributed by atoms with Gasteiger partial charge in [-0.25, -0.2) is 4.68 Å². The van der Waals surface area contributed by atoms with E-state index >= 15 is 0 Å². The van der Waals surface area contributed by atoms with Crippen LogP contribution in [0.2, 0.25) is 0 Å². The lowest BCUT2D eigenvalue weighted by atomic mass is 10.1. The Hall–Kier alpha value is -1.37. The second-order valence-electron chi connectivity index (χ2n) is 5.88. The number of nitrogens with one attached hydrogen (secondary N) is 2. The molecule has 118 valence electrons. The number of anilines is 1. The van der Waals surface area contributed by atoms with E-state index < -0.39 is 0 Å². The summed E-state index contributed by atoms with van der Waals surface area (Å²) in [6, 6.07) is 0. The van der Waals surface area contributed by atoms with Gasteiger partial charge in [-0.3, -0.25) is 9.59 Å². The number of aromatic nitrogens is 2. The number of hydrogen-bond donors (Lipinski definition) is 2. The molecule has 1 heterocycles. The van der Waals surface area contributed by atoms with Crippen LogP contribution in [0.5, 0.6) is 0 Å². The van der Waals surface area contributed by atoms with Crippen molar-refractivity contribution >= 4 is 27.5 Å². The van der Waals surface area contributed by atoms with Crippen molar-refractivity contribution in [3.05, 3.63) is 21.0 Å². The summed E-state index contributed by atoms with van der Waals surface area (Å²) in [6.45, 7) is 8.83. The van der Waals surface area contributed by atoms with Crippen molar-refractivity contribution in [1.29, 1.82) is 0 Å². The summed E-state index contributed by atoms with van der Waals surface area (Å²) >= 11 is 3.28. The molecular weight excluding hydrogens is 336 g/mol. The second kappa shape index (κ2) is 7.59. The van der Waals surface area contributed by atoms with E-state index in [1.165, 1.54) is 4.68 Å². The fourth-order valence-corrected chi connectivity index (χ4v) is 2.20. The lowest BCUT2D eigenvalue weighted by Gasteiger charge is -2.20. The third-order valence-corrected chi connectivity index (χ3v) is 3.37. The van der Waals surface area contributed by atoms with Crippen LogP contribution in [0.1, 0.15) is 40.5 Å². The number of nitrogens with zero attached hydrogens (tertiary/aromatic N) is 2. The van der Waals surface area contributed by atoms with Crippen LogP contribution < -0.4 is 16.2 Å². The molecule has 0 saturated carbocycles. The predicted octanol–water partition coefficient (Wildman–Crippen LogP) is 2.13. The molecule has 0 fully saturated rings. The van der Waals surface area contributed by atoms with Crippen molar-refractivity contribution in [3.63, 3.8) is 0 Å². The molecule has 1 aromatic heterocycles. The van der Waals surface area contributed by atoms with Crippen molar-refractivity contribution in [3.8, 4) is 0 Å². The number of halogens is 1. The number of aryl methyl sites for hydroxylation is 1. The molecule has 0 aliphatic rings. The molecule has 0 aliphatic carbocycles. The van der Waals surface area contributed by atoms with Gasteiger partial charge in [-0.1, -0.05) is 6.92 Å². The van der Waals surface area contributed by atoms with Gasteiger partial charge in [0.1, 0.15) is 4.47 Å². The summed E-state index contributed by atoms with van der Waals surface area (Å²) in [7, 11) is 0. The molecule has 2 N–H and O–H groups in total. The summed E-state index contributed by atoms with van der Waals surface area (Å²) in [5, 5.41) is 10.0. The minimum absolute atomic E-state index is 0.0293. The lowest BCUT2D eigenvalue weighted by molar-refractivity contribution is -0.122. The first kappa shape index (κ1) is 17.7. The molecule has 1 amide bonds. The normalized spacial score (nSPS) is 11.3. The maximum atomic E-state index is 12.0. The molecule has 0 spiro atoms. The van der Waals surface area contributed by atoms with Crippen LogP contribution in [0.15, 0.2) is 15.5 Å². The van der Waals surface area contributed by atoms with E-state index in [1.54, 1.807) is 6.20 Å². The highest BCUT2D eigenvalue weighted by Gasteiger charge is 2.13. The average Bonchev–Trinajstić information content (AvgIpc) is 2.36. The van der Waals surface area contributed by atoms with Crippen LogP contribution in [-0.4, -0.2) is 27.8 Å². The Kier molecular flexibility index (Phi) is 6.39. The average molecular weight is 359 g/mol. The van der Waals surface area contributed by atoms with Gasteiger partial charge in [0.25, 0.3) is 5.56 Å².